The van der Waals surface area contributed by atoms with Crippen LogP contribution in [-0.4, -0.2) is 58.7 Å². The maximum atomic E-state index is 12.9. The molecule has 1 aliphatic heterocycles. The van der Waals surface area contributed by atoms with E-state index >= 15 is 0 Å². The molecule has 1 fully saturated rings. The number of rotatable bonds is 5. The SMILES string of the molecule is CNC(=O)c1nn(CN2CCN(Cc3ccc(Cl)cc3)CC2)c(=O)c2ccccc12. The van der Waals surface area contributed by atoms with Crippen molar-refractivity contribution in [3.63, 3.8) is 0 Å². The van der Waals surface area contributed by atoms with Gasteiger partial charge in [0.05, 0.1) is 12.1 Å². The Morgan fingerprint density at radius 1 is 1.00 bits per heavy atom. The van der Waals surface area contributed by atoms with Crippen LogP contribution in [-0.2, 0) is 13.2 Å². The summed E-state index contributed by atoms with van der Waals surface area (Å²) in [5.74, 6) is -0.298. The first kappa shape index (κ1) is 20.5. The van der Waals surface area contributed by atoms with Gasteiger partial charge in [-0.05, 0) is 23.8 Å². The average Bonchev–Trinajstić information content (AvgIpc) is 2.78. The molecule has 1 aromatic heterocycles. The number of hydrogen-bond acceptors (Lipinski definition) is 5. The highest BCUT2D eigenvalue weighted by molar-refractivity contribution is 6.30. The highest BCUT2D eigenvalue weighted by Gasteiger charge is 2.20. The zero-order valence-corrected chi connectivity index (χ0v) is 17.6. The van der Waals surface area contributed by atoms with E-state index in [1.807, 2.05) is 24.3 Å². The second kappa shape index (κ2) is 8.95. The molecule has 1 amide bonds. The van der Waals surface area contributed by atoms with Crippen LogP contribution in [0.2, 0.25) is 5.02 Å². The van der Waals surface area contributed by atoms with Gasteiger partial charge in [-0.25, -0.2) is 4.68 Å². The van der Waals surface area contributed by atoms with Crippen molar-refractivity contribution in [2.45, 2.75) is 13.2 Å². The summed E-state index contributed by atoms with van der Waals surface area (Å²) >= 11 is 5.96. The molecule has 30 heavy (non-hydrogen) atoms. The van der Waals surface area contributed by atoms with Crippen LogP contribution < -0.4 is 10.9 Å². The molecule has 0 atom stereocenters. The summed E-state index contributed by atoms with van der Waals surface area (Å²) in [6.07, 6.45) is 0. The molecule has 0 aliphatic carbocycles. The Kier molecular flexibility index (Phi) is 6.13. The van der Waals surface area contributed by atoms with Gasteiger partial charge in [0.15, 0.2) is 5.69 Å². The van der Waals surface area contributed by atoms with Crippen LogP contribution in [0, 0.1) is 0 Å². The van der Waals surface area contributed by atoms with Crippen molar-refractivity contribution >= 4 is 28.3 Å². The van der Waals surface area contributed by atoms with Crippen molar-refractivity contribution < 1.29 is 4.79 Å². The van der Waals surface area contributed by atoms with Gasteiger partial charge in [0.25, 0.3) is 11.5 Å². The molecule has 4 rings (SSSR count). The van der Waals surface area contributed by atoms with Crippen LogP contribution in [0.3, 0.4) is 0 Å². The highest BCUT2D eigenvalue weighted by atomic mass is 35.5. The van der Waals surface area contributed by atoms with E-state index in [1.54, 1.807) is 31.3 Å². The van der Waals surface area contributed by atoms with Gasteiger partial charge in [-0.15, -0.1) is 0 Å². The molecule has 3 aromatic rings. The van der Waals surface area contributed by atoms with Gasteiger partial charge < -0.3 is 5.32 Å². The van der Waals surface area contributed by atoms with Crippen LogP contribution >= 0.6 is 11.6 Å². The van der Waals surface area contributed by atoms with E-state index in [0.29, 0.717) is 17.4 Å². The molecule has 1 saturated heterocycles. The molecule has 156 valence electrons. The Hall–Kier alpha value is -2.74. The van der Waals surface area contributed by atoms with Crippen molar-refractivity contribution in [2.24, 2.45) is 0 Å². The zero-order valence-electron chi connectivity index (χ0n) is 16.8. The molecule has 0 saturated carbocycles. The summed E-state index contributed by atoms with van der Waals surface area (Å²) in [6, 6.07) is 15.0. The molecule has 2 heterocycles. The summed E-state index contributed by atoms with van der Waals surface area (Å²) < 4.78 is 1.40. The van der Waals surface area contributed by atoms with Gasteiger partial charge in [0, 0.05) is 50.2 Å². The minimum absolute atomic E-state index is 0.179. The number of benzene rings is 2. The second-order valence-corrected chi connectivity index (χ2v) is 7.88. The fourth-order valence-electron chi connectivity index (χ4n) is 3.74. The largest absolute Gasteiger partial charge is 0.354 e. The summed E-state index contributed by atoms with van der Waals surface area (Å²) in [5.41, 5.74) is 1.33. The standard InChI is InChI=1S/C22H24ClN5O2/c1-24-21(29)20-18-4-2-3-5-19(18)22(30)28(25-20)15-27-12-10-26(11-13-27)14-16-6-8-17(23)9-7-16/h2-9H,10-15H2,1H3,(H,24,29). The lowest BCUT2D eigenvalue weighted by Gasteiger charge is -2.34. The first-order valence-electron chi connectivity index (χ1n) is 9.96. The molecule has 0 radical (unpaired) electrons. The smallest absolute Gasteiger partial charge is 0.275 e. The lowest BCUT2D eigenvalue weighted by atomic mass is 10.1. The summed E-state index contributed by atoms with van der Waals surface area (Å²) in [5, 5.41) is 8.82. The highest BCUT2D eigenvalue weighted by Crippen LogP contribution is 2.15. The zero-order chi connectivity index (χ0) is 21.1. The van der Waals surface area contributed by atoms with Crippen LogP contribution in [0.1, 0.15) is 16.1 Å². The maximum Gasteiger partial charge on any atom is 0.275 e. The number of nitrogens with zero attached hydrogens (tertiary/aromatic N) is 4. The third-order valence-corrected chi connectivity index (χ3v) is 5.68. The number of carbonyl (C=O) groups excluding carboxylic acids is 1. The molecule has 0 unspecified atom stereocenters. The molecule has 2 aromatic carbocycles. The van der Waals surface area contributed by atoms with E-state index in [9.17, 15) is 9.59 Å². The number of halogens is 1. The van der Waals surface area contributed by atoms with E-state index in [-0.39, 0.29) is 17.2 Å². The molecule has 1 N–H and O–H groups in total. The first-order valence-corrected chi connectivity index (χ1v) is 10.3. The van der Waals surface area contributed by atoms with Gasteiger partial charge in [-0.3, -0.25) is 19.4 Å². The topological polar surface area (TPSA) is 70.5 Å². The number of piperazine rings is 1. The molecule has 7 nitrogen and oxygen atoms in total. The minimum Gasteiger partial charge on any atom is -0.354 e. The predicted octanol–water partition coefficient (Wildman–Crippen LogP) is 2.18. The fourth-order valence-corrected chi connectivity index (χ4v) is 3.87. The monoisotopic (exact) mass is 425 g/mol. The van der Waals surface area contributed by atoms with Gasteiger partial charge in [-0.2, -0.15) is 5.10 Å². The Morgan fingerprint density at radius 2 is 1.63 bits per heavy atom. The molecule has 8 heteroatoms. The van der Waals surface area contributed by atoms with Crippen LogP contribution in [0.25, 0.3) is 10.8 Å². The first-order chi connectivity index (χ1) is 14.5. The summed E-state index contributed by atoms with van der Waals surface area (Å²) in [7, 11) is 1.56. The van der Waals surface area contributed by atoms with Crippen molar-refractivity contribution in [1.29, 1.82) is 0 Å². The van der Waals surface area contributed by atoms with Gasteiger partial charge in [-0.1, -0.05) is 41.9 Å². The van der Waals surface area contributed by atoms with Crippen LogP contribution in [0.4, 0.5) is 0 Å². The number of aromatic nitrogens is 2. The van der Waals surface area contributed by atoms with Crippen molar-refractivity contribution in [3.05, 3.63) is 75.2 Å². The Labute approximate surface area is 179 Å². The van der Waals surface area contributed by atoms with E-state index < -0.39 is 0 Å². The Morgan fingerprint density at radius 3 is 2.30 bits per heavy atom. The average molecular weight is 426 g/mol. The van der Waals surface area contributed by atoms with Crippen molar-refractivity contribution in [2.75, 3.05) is 33.2 Å². The molecular formula is C22H24ClN5O2. The number of nitrogens with one attached hydrogen (secondary N) is 1. The van der Waals surface area contributed by atoms with Gasteiger partial charge in [0.2, 0.25) is 0 Å². The van der Waals surface area contributed by atoms with Gasteiger partial charge in [0.1, 0.15) is 0 Å². The van der Waals surface area contributed by atoms with Crippen LogP contribution in [0.15, 0.2) is 53.3 Å². The fraction of sp³-hybridized carbons (Fsp3) is 0.318. The Bertz CT molecular complexity index is 1100. The third-order valence-electron chi connectivity index (χ3n) is 5.43. The summed E-state index contributed by atoms with van der Waals surface area (Å²) in [4.78, 5) is 29.8. The lowest BCUT2D eigenvalue weighted by Crippen LogP contribution is -2.47. The van der Waals surface area contributed by atoms with Crippen LogP contribution in [0.5, 0.6) is 0 Å². The quantitative estimate of drug-likeness (QED) is 0.678. The van der Waals surface area contributed by atoms with Crippen molar-refractivity contribution in [1.82, 2.24) is 24.9 Å². The van der Waals surface area contributed by atoms with Gasteiger partial charge >= 0.3 is 0 Å². The normalized spacial score (nSPS) is 15.4. The Balaban J connectivity index is 1.47. The molecule has 0 spiro atoms. The number of hydrogen-bond donors (Lipinski definition) is 1. The van der Waals surface area contributed by atoms with E-state index in [4.69, 9.17) is 11.6 Å². The third kappa shape index (κ3) is 4.38. The molecule has 1 aliphatic rings. The lowest BCUT2D eigenvalue weighted by molar-refractivity contribution is 0.0926. The van der Waals surface area contributed by atoms with Crippen molar-refractivity contribution in [3.8, 4) is 0 Å². The second-order valence-electron chi connectivity index (χ2n) is 7.44. The van der Waals surface area contributed by atoms with E-state index in [2.05, 4.69) is 20.2 Å². The van der Waals surface area contributed by atoms with E-state index in [1.165, 1.54) is 10.2 Å². The number of amides is 1. The number of fused-ring (bicyclic) bond motifs is 1. The van der Waals surface area contributed by atoms with E-state index in [0.717, 1.165) is 37.7 Å². The molecule has 0 bridgehead atoms. The summed E-state index contributed by atoms with van der Waals surface area (Å²) in [6.45, 7) is 4.68. The number of carbonyl (C=O) groups is 1. The maximum absolute atomic E-state index is 12.9. The molecular weight excluding hydrogens is 402 g/mol. The minimum atomic E-state index is -0.298. The predicted molar refractivity (Wildman–Crippen MR) is 118 cm³/mol.